The third-order valence-corrected chi connectivity index (χ3v) is 2.44. The summed E-state index contributed by atoms with van der Waals surface area (Å²) in [5.41, 5.74) is 0. The molecule has 2 nitrogen and oxygen atoms in total. The van der Waals surface area contributed by atoms with Gasteiger partial charge in [0, 0.05) is 25.2 Å². The molecule has 0 aliphatic heterocycles. The van der Waals surface area contributed by atoms with E-state index in [0.29, 0.717) is 17.4 Å². The molecule has 84 valence electrons. The number of hydrogen-bond acceptors (Lipinski definition) is 2. The highest BCUT2D eigenvalue weighted by Crippen LogP contribution is 2.19. The van der Waals surface area contributed by atoms with Gasteiger partial charge in [-0.2, -0.15) is 0 Å². The van der Waals surface area contributed by atoms with Gasteiger partial charge in [-0.05, 0) is 19.4 Å². The number of rotatable bonds is 4. The van der Waals surface area contributed by atoms with Crippen LogP contribution in [0.1, 0.15) is 13.3 Å². The molecule has 15 heavy (non-hydrogen) atoms. The van der Waals surface area contributed by atoms with Gasteiger partial charge in [0.1, 0.15) is 0 Å². The number of nitrogens with zero attached hydrogens (tertiary/aromatic N) is 2. The molecule has 1 aromatic heterocycles. The van der Waals surface area contributed by atoms with Gasteiger partial charge in [-0.1, -0.05) is 11.6 Å². The second-order valence-electron chi connectivity index (χ2n) is 3.45. The molecule has 0 saturated carbocycles. The first-order valence-electron chi connectivity index (χ1n) is 4.67. The highest BCUT2D eigenvalue weighted by Gasteiger charge is 2.10. The van der Waals surface area contributed by atoms with E-state index >= 15 is 0 Å². The third kappa shape index (κ3) is 3.84. The van der Waals surface area contributed by atoms with E-state index in [9.17, 15) is 4.39 Å². The Kier molecular flexibility index (Phi) is 4.61. The number of anilines is 1. The zero-order valence-electron chi connectivity index (χ0n) is 8.67. The maximum absolute atomic E-state index is 13.4. The minimum absolute atomic E-state index is 0.0720. The predicted octanol–water partition coefficient (Wildman–Crippen LogP) is 3.33. The van der Waals surface area contributed by atoms with Crippen molar-refractivity contribution in [1.29, 1.82) is 0 Å². The average molecular weight is 251 g/mol. The van der Waals surface area contributed by atoms with Crippen molar-refractivity contribution >= 4 is 29.0 Å². The zero-order chi connectivity index (χ0) is 11.4. The standard InChI is InChI=1S/C10H13Cl2FN2/c1-7(11)3-4-15(2)10-9(13)5-8(12)6-14-10/h5-7H,3-4H2,1-2H3. The van der Waals surface area contributed by atoms with E-state index in [4.69, 9.17) is 23.2 Å². The molecule has 1 unspecified atom stereocenters. The van der Waals surface area contributed by atoms with Crippen LogP contribution in [0.5, 0.6) is 0 Å². The van der Waals surface area contributed by atoms with Crippen molar-refractivity contribution < 1.29 is 4.39 Å². The Morgan fingerprint density at radius 3 is 2.80 bits per heavy atom. The first-order valence-corrected chi connectivity index (χ1v) is 5.48. The number of hydrogen-bond donors (Lipinski definition) is 0. The summed E-state index contributed by atoms with van der Waals surface area (Å²) < 4.78 is 13.4. The van der Waals surface area contributed by atoms with Crippen LogP contribution in [0.2, 0.25) is 5.02 Å². The Morgan fingerprint density at radius 2 is 2.27 bits per heavy atom. The Morgan fingerprint density at radius 1 is 1.60 bits per heavy atom. The van der Waals surface area contributed by atoms with E-state index in [1.807, 2.05) is 6.92 Å². The fraction of sp³-hybridized carbons (Fsp3) is 0.500. The highest BCUT2D eigenvalue weighted by molar-refractivity contribution is 6.30. The quantitative estimate of drug-likeness (QED) is 0.763. The normalized spacial score (nSPS) is 12.6. The summed E-state index contributed by atoms with van der Waals surface area (Å²) in [5, 5.41) is 0.373. The molecule has 1 aromatic rings. The Balaban J connectivity index is 2.69. The monoisotopic (exact) mass is 250 g/mol. The third-order valence-electron chi connectivity index (χ3n) is 2.01. The van der Waals surface area contributed by atoms with Crippen molar-refractivity contribution in [2.45, 2.75) is 18.7 Å². The van der Waals surface area contributed by atoms with Crippen molar-refractivity contribution in [3.63, 3.8) is 0 Å². The molecule has 0 N–H and O–H groups in total. The van der Waals surface area contributed by atoms with Crippen LogP contribution in [0.4, 0.5) is 10.2 Å². The van der Waals surface area contributed by atoms with Crippen molar-refractivity contribution in [1.82, 2.24) is 4.98 Å². The lowest BCUT2D eigenvalue weighted by atomic mass is 10.3. The van der Waals surface area contributed by atoms with Crippen molar-refractivity contribution in [3.8, 4) is 0 Å². The molecule has 5 heteroatoms. The maximum Gasteiger partial charge on any atom is 0.167 e. The smallest absolute Gasteiger partial charge is 0.167 e. The first kappa shape index (κ1) is 12.5. The van der Waals surface area contributed by atoms with Crippen LogP contribution in [0.3, 0.4) is 0 Å². The Bertz CT molecular complexity index is 331. The van der Waals surface area contributed by atoms with Gasteiger partial charge in [-0.25, -0.2) is 9.37 Å². The molecule has 1 atom stereocenters. The lowest BCUT2D eigenvalue weighted by Crippen LogP contribution is -2.22. The fourth-order valence-corrected chi connectivity index (χ4v) is 1.41. The van der Waals surface area contributed by atoms with Gasteiger partial charge >= 0.3 is 0 Å². The SMILES string of the molecule is CC(Cl)CCN(C)c1ncc(Cl)cc1F. The second-order valence-corrected chi connectivity index (χ2v) is 4.63. The molecular formula is C10H13Cl2FN2. The van der Waals surface area contributed by atoms with Gasteiger partial charge in [-0.15, -0.1) is 11.6 Å². The van der Waals surface area contributed by atoms with E-state index in [1.165, 1.54) is 12.3 Å². The maximum atomic E-state index is 13.4. The first-order chi connectivity index (χ1) is 7.00. The van der Waals surface area contributed by atoms with Crippen molar-refractivity contribution in [3.05, 3.63) is 23.1 Å². The molecule has 1 rings (SSSR count). The summed E-state index contributed by atoms with van der Waals surface area (Å²) in [4.78, 5) is 5.66. The van der Waals surface area contributed by atoms with Gasteiger partial charge in [0.15, 0.2) is 11.6 Å². The molecule has 0 bridgehead atoms. The molecule has 1 heterocycles. The van der Waals surface area contributed by atoms with E-state index in [0.717, 1.165) is 6.42 Å². The van der Waals surface area contributed by atoms with Gasteiger partial charge in [0.05, 0.1) is 5.02 Å². The molecule has 0 aliphatic rings. The van der Waals surface area contributed by atoms with Gasteiger partial charge in [0.25, 0.3) is 0 Å². The minimum Gasteiger partial charge on any atom is -0.357 e. The molecule has 0 saturated heterocycles. The van der Waals surface area contributed by atoms with Gasteiger partial charge < -0.3 is 4.90 Å². The minimum atomic E-state index is -0.410. The summed E-state index contributed by atoms with van der Waals surface area (Å²) in [5.74, 6) is -0.107. The van der Waals surface area contributed by atoms with Crippen LogP contribution >= 0.6 is 23.2 Å². The lowest BCUT2D eigenvalue weighted by Gasteiger charge is -2.19. The van der Waals surface area contributed by atoms with Crippen molar-refractivity contribution in [2.24, 2.45) is 0 Å². The topological polar surface area (TPSA) is 16.1 Å². The van der Waals surface area contributed by atoms with Crippen LogP contribution in [-0.2, 0) is 0 Å². The Labute approximate surface area is 99.0 Å². The van der Waals surface area contributed by atoms with E-state index in [2.05, 4.69) is 4.98 Å². The van der Waals surface area contributed by atoms with Gasteiger partial charge in [-0.3, -0.25) is 0 Å². The van der Waals surface area contributed by atoms with Crippen LogP contribution < -0.4 is 4.90 Å². The van der Waals surface area contributed by atoms with Crippen LogP contribution in [-0.4, -0.2) is 24.0 Å². The summed E-state index contributed by atoms with van der Waals surface area (Å²) >= 11 is 11.4. The molecular weight excluding hydrogens is 238 g/mol. The number of alkyl halides is 1. The predicted molar refractivity (Wildman–Crippen MR) is 62.4 cm³/mol. The number of halogens is 3. The fourth-order valence-electron chi connectivity index (χ4n) is 1.17. The van der Waals surface area contributed by atoms with E-state index in [-0.39, 0.29) is 5.38 Å². The molecule has 0 spiro atoms. The van der Waals surface area contributed by atoms with Gasteiger partial charge in [0.2, 0.25) is 0 Å². The number of aromatic nitrogens is 1. The molecule has 0 aromatic carbocycles. The Hall–Kier alpha value is -0.540. The van der Waals surface area contributed by atoms with Crippen LogP contribution in [0, 0.1) is 5.82 Å². The van der Waals surface area contributed by atoms with Crippen LogP contribution in [0.25, 0.3) is 0 Å². The largest absolute Gasteiger partial charge is 0.357 e. The summed E-state index contributed by atoms with van der Waals surface area (Å²) in [6.07, 6.45) is 2.21. The summed E-state index contributed by atoms with van der Waals surface area (Å²) in [7, 11) is 1.78. The molecule has 0 fully saturated rings. The average Bonchev–Trinajstić information content (AvgIpc) is 2.14. The summed E-state index contributed by atoms with van der Waals surface area (Å²) in [6.45, 7) is 2.57. The zero-order valence-corrected chi connectivity index (χ0v) is 10.2. The van der Waals surface area contributed by atoms with E-state index in [1.54, 1.807) is 11.9 Å². The highest BCUT2D eigenvalue weighted by atomic mass is 35.5. The molecule has 0 aliphatic carbocycles. The number of pyridine rings is 1. The lowest BCUT2D eigenvalue weighted by molar-refractivity contribution is 0.612. The second kappa shape index (κ2) is 5.52. The van der Waals surface area contributed by atoms with E-state index < -0.39 is 5.82 Å². The van der Waals surface area contributed by atoms with Crippen LogP contribution in [0.15, 0.2) is 12.3 Å². The van der Waals surface area contributed by atoms with Crippen molar-refractivity contribution in [2.75, 3.05) is 18.5 Å². The molecule has 0 radical (unpaired) electrons. The molecule has 0 amide bonds. The summed E-state index contributed by atoms with van der Waals surface area (Å²) in [6, 6.07) is 1.25.